The number of ketones is 1. The lowest BCUT2D eigenvalue weighted by Gasteiger charge is -2.22. The summed E-state index contributed by atoms with van der Waals surface area (Å²) in [6, 6.07) is 2.14. The van der Waals surface area contributed by atoms with Crippen molar-refractivity contribution in [3.63, 3.8) is 0 Å². The van der Waals surface area contributed by atoms with Crippen molar-refractivity contribution >= 4 is 5.78 Å². The maximum absolute atomic E-state index is 11.3. The average Bonchev–Trinajstić information content (AvgIpc) is 2.32. The summed E-state index contributed by atoms with van der Waals surface area (Å²) in [5.74, 6) is 1.08. The Hall–Kier alpha value is -1.31. The zero-order valence-electron chi connectivity index (χ0n) is 10.9. The fraction of sp³-hybridized carbons (Fsp3) is 0.533. The van der Waals surface area contributed by atoms with E-state index in [9.17, 15) is 4.79 Å². The van der Waals surface area contributed by atoms with Crippen molar-refractivity contribution in [1.29, 1.82) is 0 Å². The van der Waals surface area contributed by atoms with E-state index in [1.165, 1.54) is 29.5 Å². The average molecular weight is 232 g/mol. The molecular formula is C15H20O2. The number of carbonyl (C=O) groups excluding carboxylic acids is 1. The quantitative estimate of drug-likeness (QED) is 0.800. The van der Waals surface area contributed by atoms with Crippen molar-refractivity contribution in [2.45, 2.75) is 46.0 Å². The van der Waals surface area contributed by atoms with Crippen LogP contribution in [0.5, 0.6) is 5.75 Å². The minimum atomic E-state index is 0.196. The van der Waals surface area contributed by atoms with Crippen molar-refractivity contribution in [3.8, 4) is 5.75 Å². The maximum Gasteiger partial charge on any atom is 0.134 e. The molecule has 1 aromatic rings. The molecule has 0 radical (unpaired) electrons. The molecule has 0 unspecified atom stereocenters. The van der Waals surface area contributed by atoms with Gasteiger partial charge in [0.15, 0.2) is 0 Å². The van der Waals surface area contributed by atoms with Gasteiger partial charge >= 0.3 is 0 Å². The van der Waals surface area contributed by atoms with E-state index in [1.54, 1.807) is 14.0 Å². The van der Waals surface area contributed by atoms with E-state index in [0.717, 1.165) is 24.2 Å². The van der Waals surface area contributed by atoms with Crippen molar-refractivity contribution in [3.05, 3.63) is 28.3 Å². The summed E-state index contributed by atoms with van der Waals surface area (Å²) < 4.78 is 5.44. The van der Waals surface area contributed by atoms with E-state index >= 15 is 0 Å². The Balaban J connectivity index is 2.52. The molecule has 1 aliphatic rings. The normalized spacial score (nSPS) is 14.3. The Bertz CT molecular complexity index is 447. The first-order valence-electron chi connectivity index (χ1n) is 6.31. The van der Waals surface area contributed by atoms with Gasteiger partial charge in [0.2, 0.25) is 0 Å². The van der Waals surface area contributed by atoms with Crippen LogP contribution in [0.4, 0.5) is 0 Å². The van der Waals surface area contributed by atoms with Gasteiger partial charge in [-0.15, -0.1) is 0 Å². The van der Waals surface area contributed by atoms with Crippen LogP contribution in [0.15, 0.2) is 6.07 Å². The third-order valence-electron chi connectivity index (χ3n) is 3.66. The van der Waals surface area contributed by atoms with Gasteiger partial charge in [0.1, 0.15) is 11.5 Å². The smallest absolute Gasteiger partial charge is 0.134 e. The number of hydrogen-bond donors (Lipinski definition) is 0. The molecule has 0 aromatic heterocycles. The number of rotatable bonds is 3. The fourth-order valence-corrected chi connectivity index (χ4v) is 2.78. The molecule has 2 heteroatoms. The van der Waals surface area contributed by atoms with E-state index in [-0.39, 0.29) is 5.78 Å². The standard InChI is InChI=1S/C15H20O2/c1-10(16)8-14-11(2)13-7-5-4-6-12(13)9-15(14)17-3/h9H,4-8H2,1-3H3. The molecule has 1 aliphatic carbocycles. The van der Waals surface area contributed by atoms with Crippen LogP contribution in [-0.4, -0.2) is 12.9 Å². The monoisotopic (exact) mass is 232 g/mol. The molecule has 0 fully saturated rings. The molecule has 0 amide bonds. The van der Waals surface area contributed by atoms with Crippen molar-refractivity contribution in [2.75, 3.05) is 7.11 Å². The number of aryl methyl sites for hydroxylation is 1. The van der Waals surface area contributed by atoms with Crippen molar-refractivity contribution in [2.24, 2.45) is 0 Å². The summed E-state index contributed by atoms with van der Waals surface area (Å²) in [6.07, 6.45) is 5.31. The second-order valence-electron chi connectivity index (χ2n) is 4.91. The van der Waals surface area contributed by atoms with E-state index < -0.39 is 0 Å². The van der Waals surface area contributed by atoms with Gasteiger partial charge in [-0.25, -0.2) is 0 Å². The molecule has 17 heavy (non-hydrogen) atoms. The zero-order valence-corrected chi connectivity index (χ0v) is 10.9. The molecule has 0 spiro atoms. The van der Waals surface area contributed by atoms with Gasteiger partial charge in [-0.1, -0.05) is 0 Å². The van der Waals surface area contributed by atoms with Crippen LogP contribution in [0, 0.1) is 6.92 Å². The third-order valence-corrected chi connectivity index (χ3v) is 3.66. The highest BCUT2D eigenvalue weighted by Crippen LogP contribution is 2.33. The summed E-state index contributed by atoms with van der Waals surface area (Å²) in [5.41, 5.74) is 5.22. The second-order valence-corrected chi connectivity index (χ2v) is 4.91. The largest absolute Gasteiger partial charge is 0.496 e. The van der Waals surface area contributed by atoms with E-state index in [1.807, 2.05) is 0 Å². The number of Topliss-reactive ketones (excluding diaryl/α,β-unsaturated/α-hetero) is 1. The summed E-state index contributed by atoms with van der Waals surface area (Å²) >= 11 is 0. The highest BCUT2D eigenvalue weighted by Gasteiger charge is 2.18. The molecule has 0 N–H and O–H groups in total. The van der Waals surface area contributed by atoms with Gasteiger partial charge in [-0.05, 0) is 62.3 Å². The summed E-state index contributed by atoms with van der Waals surface area (Å²) in [7, 11) is 1.69. The van der Waals surface area contributed by atoms with Crippen LogP contribution in [0.3, 0.4) is 0 Å². The third kappa shape index (κ3) is 2.36. The summed E-state index contributed by atoms with van der Waals surface area (Å²) in [5, 5.41) is 0. The van der Waals surface area contributed by atoms with Gasteiger partial charge in [0.05, 0.1) is 7.11 Å². The predicted octanol–water partition coefficient (Wildman–Crippen LogP) is 3.01. The zero-order chi connectivity index (χ0) is 12.4. The molecular weight excluding hydrogens is 212 g/mol. The minimum Gasteiger partial charge on any atom is -0.496 e. The topological polar surface area (TPSA) is 26.3 Å². The lowest BCUT2D eigenvalue weighted by molar-refractivity contribution is -0.116. The van der Waals surface area contributed by atoms with E-state index in [2.05, 4.69) is 13.0 Å². The molecule has 0 saturated heterocycles. The molecule has 2 rings (SSSR count). The first kappa shape index (κ1) is 12.2. The molecule has 92 valence electrons. The minimum absolute atomic E-state index is 0.196. The molecule has 0 atom stereocenters. The number of carbonyl (C=O) groups is 1. The van der Waals surface area contributed by atoms with Crippen LogP contribution in [-0.2, 0) is 24.1 Å². The molecule has 0 aliphatic heterocycles. The number of fused-ring (bicyclic) bond motifs is 1. The number of benzene rings is 1. The van der Waals surface area contributed by atoms with Gasteiger partial charge in [-0.3, -0.25) is 4.79 Å². The molecule has 2 nitrogen and oxygen atoms in total. The Kier molecular flexibility index (Phi) is 3.51. The first-order valence-corrected chi connectivity index (χ1v) is 6.31. The number of hydrogen-bond acceptors (Lipinski definition) is 2. The molecule has 1 aromatic carbocycles. The Morgan fingerprint density at radius 3 is 2.71 bits per heavy atom. The summed E-state index contributed by atoms with van der Waals surface area (Å²) in [6.45, 7) is 3.77. The van der Waals surface area contributed by atoms with Gasteiger partial charge < -0.3 is 4.74 Å². The van der Waals surface area contributed by atoms with Crippen molar-refractivity contribution < 1.29 is 9.53 Å². The van der Waals surface area contributed by atoms with Crippen LogP contribution >= 0.6 is 0 Å². The van der Waals surface area contributed by atoms with Gasteiger partial charge in [0, 0.05) is 12.0 Å². The second kappa shape index (κ2) is 4.91. The Labute approximate surface area is 103 Å². The van der Waals surface area contributed by atoms with E-state index in [4.69, 9.17) is 4.74 Å². The fourth-order valence-electron chi connectivity index (χ4n) is 2.78. The Morgan fingerprint density at radius 1 is 1.35 bits per heavy atom. The van der Waals surface area contributed by atoms with Crippen LogP contribution in [0.2, 0.25) is 0 Å². The van der Waals surface area contributed by atoms with Crippen LogP contribution in [0.25, 0.3) is 0 Å². The SMILES string of the molecule is COc1cc2c(c(C)c1CC(C)=O)CCCC2. The number of methoxy groups -OCH3 is 1. The van der Waals surface area contributed by atoms with Gasteiger partial charge in [-0.2, -0.15) is 0 Å². The lowest BCUT2D eigenvalue weighted by atomic mass is 9.85. The summed E-state index contributed by atoms with van der Waals surface area (Å²) in [4.78, 5) is 11.3. The highest BCUT2D eigenvalue weighted by molar-refractivity contribution is 5.79. The number of ether oxygens (including phenoxy) is 1. The molecule has 0 bridgehead atoms. The first-order chi connectivity index (χ1) is 8.13. The van der Waals surface area contributed by atoms with Crippen LogP contribution in [0.1, 0.15) is 42.0 Å². The van der Waals surface area contributed by atoms with Crippen LogP contribution < -0.4 is 4.74 Å². The lowest BCUT2D eigenvalue weighted by Crippen LogP contribution is -2.10. The van der Waals surface area contributed by atoms with Crippen molar-refractivity contribution in [1.82, 2.24) is 0 Å². The Morgan fingerprint density at radius 2 is 2.06 bits per heavy atom. The predicted molar refractivity (Wildman–Crippen MR) is 68.8 cm³/mol. The molecule has 0 heterocycles. The van der Waals surface area contributed by atoms with E-state index in [0.29, 0.717) is 6.42 Å². The van der Waals surface area contributed by atoms with Gasteiger partial charge in [0.25, 0.3) is 0 Å². The molecule has 0 saturated carbocycles. The maximum atomic E-state index is 11.3. The highest BCUT2D eigenvalue weighted by atomic mass is 16.5.